The molecule has 0 N–H and O–H groups in total. The van der Waals surface area contributed by atoms with E-state index in [0.29, 0.717) is 0 Å². The zero-order valence-electron chi connectivity index (χ0n) is 9.53. The predicted octanol–water partition coefficient (Wildman–Crippen LogP) is 2.11. The lowest BCUT2D eigenvalue weighted by Crippen LogP contribution is -2.00. The minimum Gasteiger partial charge on any atom is -0.462 e. The lowest BCUT2D eigenvalue weighted by molar-refractivity contribution is 0.0556. The fourth-order valence-electron chi connectivity index (χ4n) is 1.35. The van der Waals surface area contributed by atoms with Crippen LogP contribution in [-0.2, 0) is 4.74 Å². The molecule has 0 fully saturated rings. The number of rotatable bonds is 2. The van der Waals surface area contributed by atoms with Crippen LogP contribution in [0.25, 0.3) is 11.5 Å². The van der Waals surface area contributed by atoms with E-state index in [2.05, 4.69) is 14.9 Å². The first-order valence-electron chi connectivity index (χ1n) is 4.91. The summed E-state index contributed by atoms with van der Waals surface area (Å²) in [4.78, 5) is 11.1. The number of carbonyl (C=O) groups is 1. The molecule has 1 aromatic carbocycles. The Balaban J connectivity index is 2.53. The summed E-state index contributed by atoms with van der Waals surface area (Å²) in [5, 5.41) is 6.77. The van der Waals surface area contributed by atoms with E-state index >= 15 is 0 Å². The van der Waals surface area contributed by atoms with Gasteiger partial charge in [0.05, 0.1) is 7.11 Å². The van der Waals surface area contributed by atoms with E-state index in [1.54, 1.807) is 0 Å². The molecule has 0 bridgehead atoms. The molecular weight excluding hydrogens is 246 g/mol. The van der Waals surface area contributed by atoms with E-state index in [0.717, 1.165) is 13.2 Å². The van der Waals surface area contributed by atoms with Crippen molar-refractivity contribution in [3.63, 3.8) is 0 Å². The molecule has 0 saturated heterocycles. The molecule has 0 unspecified atom stereocenters. The molecule has 1 aromatic heterocycles. The number of aryl methyl sites for hydroxylation is 1. The van der Waals surface area contributed by atoms with Gasteiger partial charge in [-0.2, -0.15) is 0 Å². The van der Waals surface area contributed by atoms with Crippen LogP contribution in [-0.4, -0.2) is 23.3 Å². The molecule has 0 aliphatic rings. The van der Waals surface area contributed by atoms with E-state index in [1.165, 1.54) is 13.0 Å². The Bertz CT molecular complexity index is 610. The van der Waals surface area contributed by atoms with Gasteiger partial charge in [0.1, 0.15) is 17.2 Å². The molecule has 2 aromatic rings. The highest BCUT2D eigenvalue weighted by Crippen LogP contribution is 2.26. The fourth-order valence-corrected chi connectivity index (χ4v) is 1.35. The Morgan fingerprint density at radius 1 is 1.33 bits per heavy atom. The van der Waals surface area contributed by atoms with Crippen molar-refractivity contribution in [2.45, 2.75) is 6.92 Å². The van der Waals surface area contributed by atoms with Gasteiger partial charge in [0, 0.05) is 0 Å². The van der Waals surface area contributed by atoms with E-state index in [1.807, 2.05) is 0 Å². The van der Waals surface area contributed by atoms with Gasteiger partial charge in [-0.15, -0.1) is 10.2 Å². The lowest BCUT2D eigenvalue weighted by atomic mass is 10.1. The average Bonchev–Trinajstić information content (AvgIpc) is 2.83. The van der Waals surface area contributed by atoms with Crippen molar-refractivity contribution in [1.29, 1.82) is 0 Å². The molecule has 5 nitrogen and oxygen atoms in total. The van der Waals surface area contributed by atoms with Crippen LogP contribution in [0.15, 0.2) is 16.5 Å². The van der Waals surface area contributed by atoms with Gasteiger partial charge in [-0.05, 0) is 18.6 Å². The predicted molar refractivity (Wildman–Crippen MR) is 55.7 cm³/mol. The third-order valence-electron chi connectivity index (χ3n) is 2.28. The van der Waals surface area contributed by atoms with Crippen LogP contribution in [0, 0.1) is 18.6 Å². The minimum absolute atomic E-state index is 0.226. The van der Waals surface area contributed by atoms with Crippen LogP contribution in [0.1, 0.15) is 16.2 Å². The molecule has 0 saturated carbocycles. The quantitative estimate of drug-likeness (QED) is 0.768. The van der Waals surface area contributed by atoms with Gasteiger partial charge in [-0.1, -0.05) is 6.07 Å². The van der Waals surface area contributed by atoms with Crippen LogP contribution < -0.4 is 0 Å². The maximum Gasteiger partial charge on any atom is 0.396 e. The van der Waals surface area contributed by atoms with E-state index < -0.39 is 34.9 Å². The van der Waals surface area contributed by atoms with Crippen molar-refractivity contribution in [3.05, 3.63) is 35.2 Å². The van der Waals surface area contributed by atoms with Gasteiger partial charge in [0.25, 0.3) is 5.89 Å². The number of halogens is 2. The maximum absolute atomic E-state index is 13.8. The Kier molecular flexibility index (Phi) is 3.05. The zero-order valence-corrected chi connectivity index (χ0v) is 9.53. The molecule has 0 atom stereocenters. The number of carbonyl (C=O) groups excluding carboxylic acids is 1. The Labute approximate surface area is 100 Å². The Morgan fingerprint density at radius 3 is 2.72 bits per heavy atom. The standard InChI is InChI=1S/C11H8F2N2O3/c1-5-3-4-6(12)7(8(5)13)9-14-15-10(18-9)11(16)17-2/h3-4H,1-2H3. The number of hydrogen-bond donors (Lipinski definition) is 0. The van der Waals surface area contributed by atoms with Crippen LogP contribution in [0.5, 0.6) is 0 Å². The minimum atomic E-state index is -0.873. The topological polar surface area (TPSA) is 65.2 Å². The lowest BCUT2D eigenvalue weighted by Gasteiger charge is -2.02. The number of aromatic nitrogens is 2. The SMILES string of the molecule is COC(=O)c1nnc(-c2c(F)ccc(C)c2F)o1. The second kappa shape index (κ2) is 4.52. The largest absolute Gasteiger partial charge is 0.462 e. The van der Waals surface area contributed by atoms with Gasteiger partial charge in [0.15, 0.2) is 0 Å². The number of benzene rings is 1. The monoisotopic (exact) mass is 254 g/mol. The highest BCUT2D eigenvalue weighted by molar-refractivity contribution is 5.84. The number of methoxy groups -OCH3 is 1. The summed E-state index contributed by atoms with van der Waals surface area (Å²) >= 11 is 0. The Morgan fingerprint density at radius 2 is 2.06 bits per heavy atom. The molecule has 0 aliphatic carbocycles. The summed E-state index contributed by atoms with van der Waals surface area (Å²) in [5.41, 5.74) is -0.234. The van der Waals surface area contributed by atoms with Crippen molar-refractivity contribution >= 4 is 5.97 Å². The summed E-state index contributed by atoms with van der Waals surface area (Å²) in [6.07, 6.45) is 0. The van der Waals surface area contributed by atoms with Crippen molar-refractivity contribution in [1.82, 2.24) is 10.2 Å². The van der Waals surface area contributed by atoms with Gasteiger partial charge < -0.3 is 9.15 Å². The third kappa shape index (κ3) is 1.94. The van der Waals surface area contributed by atoms with E-state index in [-0.39, 0.29) is 5.56 Å². The number of ether oxygens (including phenoxy) is 1. The van der Waals surface area contributed by atoms with Gasteiger partial charge in [-0.25, -0.2) is 13.6 Å². The van der Waals surface area contributed by atoms with Gasteiger partial charge in [0.2, 0.25) is 0 Å². The molecular formula is C11H8F2N2O3. The molecule has 2 rings (SSSR count). The van der Waals surface area contributed by atoms with Crippen LogP contribution in [0.4, 0.5) is 8.78 Å². The second-order valence-corrected chi connectivity index (χ2v) is 3.46. The molecule has 1 heterocycles. The first kappa shape index (κ1) is 12.2. The summed E-state index contributed by atoms with van der Waals surface area (Å²) < 4.78 is 36.5. The maximum atomic E-state index is 13.8. The highest BCUT2D eigenvalue weighted by Gasteiger charge is 2.22. The molecule has 0 aliphatic heterocycles. The summed E-state index contributed by atoms with van der Waals surface area (Å²) in [6, 6.07) is 2.36. The van der Waals surface area contributed by atoms with Crippen molar-refractivity contribution in [2.75, 3.05) is 7.11 Å². The van der Waals surface area contributed by atoms with Crippen LogP contribution in [0.3, 0.4) is 0 Å². The first-order chi connectivity index (χ1) is 8.54. The Hall–Kier alpha value is -2.31. The summed E-state index contributed by atoms with van der Waals surface area (Å²) in [7, 11) is 1.13. The highest BCUT2D eigenvalue weighted by atomic mass is 19.1. The van der Waals surface area contributed by atoms with Gasteiger partial charge >= 0.3 is 11.9 Å². The molecule has 0 radical (unpaired) electrons. The molecule has 18 heavy (non-hydrogen) atoms. The number of hydrogen-bond acceptors (Lipinski definition) is 5. The van der Waals surface area contributed by atoms with Crippen molar-refractivity contribution in [2.24, 2.45) is 0 Å². The van der Waals surface area contributed by atoms with Crippen molar-refractivity contribution < 1.29 is 22.7 Å². The van der Waals surface area contributed by atoms with Crippen LogP contribution >= 0.6 is 0 Å². The second-order valence-electron chi connectivity index (χ2n) is 3.46. The summed E-state index contributed by atoms with van der Waals surface area (Å²) in [6.45, 7) is 1.47. The number of esters is 1. The molecule has 7 heteroatoms. The number of nitrogens with zero attached hydrogens (tertiary/aromatic N) is 2. The van der Waals surface area contributed by atoms with Crippen molar-refractivity contribution in [3.8, 4) is 11.5 Å². The van der Waals surface area contributed by atoms with E-state index in [9.17, 15) is 13.6 Å². The fraction of sp³-hybridized carbons (Fsp3) is 0.182. The molecule has 94 valence electrons. The third-order valence-corrected chi connectivity index (χ3v) is 2.28. The normalized spacial score (nSPS) is 10.4. The average molecular weight is 254 g/mol. The smallest absolute Gasteiger partial charge is 0.396 e. The first-order valence-corrected chi connectivity index (χ1v) is 4.91. The molecule has 0 amide bonds. The molecule has 0 spiro atoms. The van der Waals surface area contributed by atoms with Gasteiger partial charge in [-0.3, -0.25) is 0 Å². The zero-order chi connectivity index (χ0) is 13.3. The summed E-state index contributed by atoms with van der Waals surface area (Å²) in [5.74, 6) is -3.41. The van der Waals surface area contributed by atoms with E-state index in [4.69, 9.17) is 4.42 Å². The van der Waals surface area contributed by atoms with Crippen LogP contribution in [0.2, 0.25) is 0 Å².